The summed E-state index contributed by atoms with van der Waals surface area (Å²) in [6.07, 6.45) is 2.72. The minimum absolute atomic E-state index is 0.201. The standard InChI is InChI=1S/C17H27NO/c1-5-13-6-8-14(9-7-13)16-12-18-11-15(19-16)10-17(2,3)4/h6-9,15-16,18H,5,10-12H2,1-4H3. The van der Waals surface area contributed by atoms with Gasteiger partial charge in [-0.2, -0.15) is 0 Å². The van der Waals surface area contributed by atoms with E-state index in [9.17, 15) is 0 Å². The molecular weight excluding hydrogens is 234 g/mol. The van der Waals surface area contributed by atoms with Crippen LogP contribution in [0.3, 0.4) is 0 Å². The van der Waals surface area contributed by atoms with Crippen LogP contribution in [0.5, 0.6) is 0 Å². The lowest BCUT2D eigenvalue weighted by Gasteiger charge is -2.34. The molecule has 1 N–H and O–H groups in total. The fourth-order valence-electron chi connectivity index (χ4n) is 2.67. The molecule has 0 aliphatic carbocycles. The number of ether oxygens (including phenoxy) is 1. The summed E-state index contributed by atoms with van der Waals surface area (Å²) < 4.78 is 6.26. The van der Waals surface area contributed by atoms with Crippen molar-refractivity contribution in [3.63, 3.8) is 0 Å². The summed E-state index contributed by atoms with van der Waals surface area (Å²) in [4.78, 5) is 0. The Morgan fingerprint density at radius 2 is 1.84 bits per heavy atom. The Morgan fingerprint density at radius 3 is 2.42 bits per heavy atom. The van der Waals surface area contributed by atoms with Crippen molar-refractivity contribution in [3.8, 4) is 0 Å². The van der Waals surface area contributed by atoms with E-state index in [0.29, 0.717) is 11.5 Å². The molecule has 2 unspecified atom stereocenters. The van der Waals surface area contributed by atoms with Gasteiger partial charge in [-0.3, -0.25) is 0 Å². The van der Waals surface area contributed by atoms with E-state index < -0.39 is 0 Å². The Morgan fingerprint density at radius 1 is 1.16 bits per heavy atom. The highest BCUT2D eigenvalue weighted by Crippen LogP contribution is 2.28. The summed E-state index contributed by atoms with van der Waals surface area (Å²) in [6.45, 7) is 10.9. The number of aryl methyl sites for hydroxylation is 1. The lowest BCUT2D eigenvalue weighted by atomic mass is 9.88. The lowest BCUT2D eigenvalue weighted by molar-refractivity contribution is -0.0552. The number of hydrogen-bond acceptors (Lipinski definition) is 2. The summed E-state index contributed by atoms with van der Waals surface area (Å²) in [6, 6.07) is 8.85. The molecule has 1 fully saturated rings. The van der Waals surface area contributed by atoms with Gasteiger partial charge in [0.2, 0.25) is 0 Å². The van der Waals surface area contributed by atoms with Gasteiger partial charge in [0, 0.05) is 13.1 Å². The maximum absolute atomic E-state index is 6.26. The van der Waals surface area contributed by atoms with Crippen molar-refractivity contribution in [1.82, 2.24) is 5.32 Å². The molecule has 1 aliphatic heterocycles. The third-order valence-corrected chi connectivity index (χ3v) is 3.66. The zero-order chi connectivity index (χ0) is 13.9. The van der Waals surface area contributed by atoms with E-state index in [2.05, 4.69) is 57.3 Å². The molecule has 0 radical (unpaired) electrons. The molecule has 1 heterocycles. The topological polar surface area (TPSA) is 21.3 Å². The molecule has 2 rings (SSSR count). The lowest BCUT2D eigenvalue weighted by Crippen LogP contribution is -2.42. The normalized spacial score (nSPS) is 24.4. The predicted octanol–water partition coefficient (Wildman–Crippen LogP) is 3.71. The van der Waals surface area contributed by atoms with Crippen molar-refractivity contribution in [2.75, 3.05) is 13.1 Å². The quantitative estimate of drug-likeness (QED) is 0.895. The van der Waals surface area contributed by atoms with Gasteiger partial charge in [-0.15, -0.1) is 0 Å². The fourth-order valence-corrected chi connectivity index (χ4v) is 2.67. The van der Waals surface area contributed by atoms with Crippen LogP contribution in [-0.2, 0) is 11.2 Å². The van der Waals surface area contributed by atoms with E-state index >= 15 is 0 Å². The Hall–Kier alpha value is -0.860. The van der Waals surface area contributed by atoms with Crippen LogP contribution in [0.2, 0.25) is 0 Å². The van der Waals surface area contributed by atoms with Gasteiger partial charge in [0.1, 0.15) is 0 Å². The van der Waals surface area contributed by atoms with Gasteiger partial charge in [0.25, 0.3) is 0 Å². The van der Waals surface area contributed by atoms with Crippen LogP contribution < -0.4 is 5.32 Å². The molecule has 106 valence electrons. The van der Waals surface area contributed by atoms with Gasteiger partial charge in [0.05, 0.1) is 12.2 Å². The molecule has 0 saturated carbocycles. The van der Waals surface area contributed by atoms with Crippen molar-refractivity contribution < 1.29 is 4.74 Å². The molecule has 0 spiro atoms. The largest absolute Gasteiger partial charge is 0.368 e. The first-order valence-electron chi connectivity index (χ1n) is 7.43. The summed E-state index contributed by atoms with van der Waals surface area (Å²) in [5.41, 5.74) is 3.00. The molecule has 2 heteroatoms. The molecule has 0 aromatic heterocycles. The van der Waals surface area contributed by atoms with Crippen molar-refractivity contribution in [2.45, 2.75) is 52.7 Å². The SMILES string of the molecule is CCc1ccc(C2CNCC(CC(C)(C)C)O2)cc1. The number of hydrogen-bond donors (Lipinski definition) is 1. The van der Waals surface area contributed by atoms with Crippen LogP contribution in [0.25, 0.3) is 0 Å². The Bertz CT molecular complexity index is 391. The Balaban J connectivity index is 2.00. The van der Waals surface area contributed by atoms with Crippen molar-refractivity contribution >= 4 is 0 Å². The predicted molar refractivity (Wildman–Crippen MR) is 80.4 cm³/mol. The van der Waals surface area contributed by atoms with Crippen LogP contribution in [0.1, 0.15) is 51.3 Å². The molecule has 1 saturated heterocycles. The summed E-state index contributed by atoms with van der Waals surface area (Å²) in [5.74, 6) is 0. The van der Waals surface area contributed by atoms with Crippen LogP contribution in [0, 0.1) is 5.41 Å². The number of rotatable bonds is 3. The number of morpholine rings is 1. The average molecular weight is 261 g/mol. The van der Waals surface area contributed by atoms with E-state index in [1.54, 1.807) is 0 Å². The molecule has 2 atom stereocenters. The third-order valence-electron chi connectivity index (χ3n) is 3.66. The molecule has 19 heavy (non-hydrogen) atoms. The van der Waals surface area contributed by atoms with Crippen LogP contribution in [-0.4, -0.2) is 19.2 Å². The van der Waals surface area contributed by atoms with E-state index in [1.165, 1.54) is 11.1 Å². The minimum Gasteiger partial charge on any atom is -0.368 e. The molecule has 0 amide bonds. The molecule has 1 aromatic carbocycles. The first-order valence-corrected chi connectivity index (χ1v) is 7.43. The average Bonchev–Trinajstić information content (AvgIpc) is 2.37. The van der Waals surface area contributed by atoms with E-state index in [0.717, 1.165) is 25.9 Å². The van der Waals surface area contributed by atoms with Gasteiger partial charge in [-0.1, -0.05) is 52.0 Å². The number of nitrogens with one attached hydrogen (secondary N) is 1. The molecule has 1 aromatic rings. The highest BCUT2D eigenvalue weighted by Gasteiger charge is 2.26. The van der Waals surface area contributed by atoms with Crippen molar-refractivity contribution in [3.05, 3.63) is 35.4 Å². The second-order valence-electron chi connectivity index (χ2n) is 6.76. The summed E-state index contributed by atoms with van der Waals surface area (Å²) in [5, 5.41) is 3.51. The monoisotopic (exact) mass is 261 g/mol. The zero-order valence-electron chi connectivity index (χ0n) is 12.7. The van der Waals surface area contributed by atoms with Crippen LogP contribution in [0.4, 0.5) is 0 Å². The minimum atomic E-state index is 0.201. The first-order chi connectivity index (χ1) is 8.98. The van der Waals surface area contributed by atoms with Gasteiger partial charge < -0.3 is 10.1 Å². The second kappa shape index (κ2) is 6.06. The first kappa shape index (κ1) is 14.5. The van der Waals surface area contributed by atoms with Gasteiger partial charge >= 0.3 is 0 Å². The highest BCUT2D eigenvalue weighted by molar-refractivity contribution is 5.24. The maximum Gasteiger partial charge on any atom is 0.0953 e. The molecular formula is C17H27NO. The smallest absolute Gasteiger partial charge is 0.0953 e. The molecule has 2 nitrogen and oxygen atoms in total. The van der Waals surface area contributed by atoms with E-state index in [1.807, 2.05) is 0 Å². The maximum atomic E-state index is 6.26. The van der Waals surface area contributed by atoms with Crippen molar-refractivity contribution in [1.29, 1.82) is 0 Å². The highest BCUT2D eigenvalue weighted by atomic mass is 16.5. The second-order valence-corrected chi connectivity index (χ2v) is 6.76. The Kier molecular flexibility index (Phi) is 4.64. The molecule has 1 aliphatic rings. The molecule has 0 bridgehead atoms. The van der Waals surface area contributed by atoms with Gasteiger partial charge in [0.15, 0.2) is 0 Å². The number of benzene rings is 1. The fraction of sp³-hybridized carbons (Fsp3) is 0.647. The van der Waals surface area contributed by atoms with Crippen LogP contribution in [0.15, 0.2) is 24.3 Å². The van der Waals surface area contributed by atoms with E-state index in [-0.39, 0.29) is 6.10 Å². The zero-order valence-corrected chi connectivity index (χ0v) is 12.7. The van der Waals surface area contributed by atoms with Gasteiger partial charge in [-0.05, 0) is 29.4 Å². The van der Waals surface area contributed by atoms with E-state index in [4.69, 9.17) is 4.74 Å². The van der Waals surface area contributed by atoms with Crippen molar-refractivity contribution in [2.24, 2.45) is 5.41 Å². The van der Waals surface area contributed by atoms with Gasteiger partial charge in [-0.25, -0.2) is 0 Å². The van der Waals surface area contributed by atoms with Crippen LogP contribution >= 0.6 is 0 Å². The summed E-state index contributed by atoms with van der Waals surface area (Å²) >= 11 is 0. The Labute approximate surface area is 117 Å². The third kappa shape index (κ3) is 4.32. The summed E-state index contributed by atoms with van der Waals surface area (Å²) in [7, 11) is 0.